The first-order valence-corrected chi connectivity index (χ1v) is 10.4. The lowest BCUT2D eigenvalue weighted by Crippen LogP contribution is -3.10. The van der Waals surface area contributed by atoms with Crippen LogP contribution in [0, 0.1) is 12.7 Å². The minimum Gasteiger partial charge on any atom is -0.350 e. The molecule has 0 unspecified atom stereocenters. The van der Waals surface area contributed by atoms with Crippen molar-refractivity contribution in [2.75, 3.05) is 26.2 Å². The van der Waals surface area contributed by atoms with Gasteiger partial charge in [-0.15, -0.1) is 0 Å². The van der Waals surface area contributed by atoms with E-state index in [0.717, 1.165) is 29.0 Å². The molecule has 1 atom stereocenters. The summed E-state index contributed by atoms with van der Waals surface area (Å²) >= 11 is 0. The fourth-order valence-electron chi connectivity index (χ4n) is 4.24. The zero-order chi connectivity index (χ0) is 20.2. The van der Waals surface area contributed by atoms with E-state index < -0.39 is 0 Å². The van der Waals surface area contributed by atoms with Gasteiger partial charge in [0.05, 0.1) is 31.9 Å². The summed E-state index contributed by atoms with van der Waals surface area (Å²) in [5, 5.41) is 3.06. The number of carbonyl (C=O) groups is 1. The Bertz CT molecular complexity index is 993. The van der Waals surface area contributed by atoms with Crippen molar-refractivity contribution in [3.63, 3.8) is 0 Å². The van der Waals surface area contributed by atoms with Crippen LogP contribution in [0.5, 0.6) is 0 Å². The number of halogens is 1. The van der Waals surface area contributed by atoms with Crippen LogP contribution in [0.4, 0.5) is 4.39 Å². The van der Waals surface area contributed by atoms with Crippen molar-refractivity contribution >= 4 is 11.6 Å². The second-order valence-corrected chi connectivity index (χ2v) is 7.98. The van der Waals surface area contributed by atoms with Crippen molar-refractivity contribution in [2.45, 2.75) is 32.1 Å². The number of pyridine rings is 1. The number of hydrogen-bond donors (Lipinski definition) is 2. The number of likely N-dealkylation sites (tertiary alicyclic amines) is 1. The molecule has 0 saturated carbocycles. The van der Waals surface area contributed by atoms with Crippen LogP contribution in [0.15, 0.2) is 48.8 Å². The molecule has 0 radical (unpaired) electrons. The molecule has 2 aromatic heterocycles. The zero-order valence-electron chi connectivity index (χ0n) is 16.8. The molecular weight excluding hydrogens is 367 g/mol. The highest BCUT2D eigenvalue weighted by atomic mass is 19.1. The second-order valence-electron chi connectivity index (χ2n) is 7.98. The lowest BCUT2D eigenvalue weighted by atomic mass is 9.92. The Morgan fingerprint density at radius 1 is 1.28 bits per heavy atom. The van der Waals surface area contributed by atoms with Gasteiger partial charge < -0.3 is 14.6 Å². The predicted molar refractivity (Wildman–Crippen MR) is 111 cm³/mol. The quantitative estimate of drug-likeness (QED) is 0.644. The minimum atomic E-state index is -0.296. The number of quaternary nitrogens is 1. The van der Waals surface area contributed by atoms with Crippen molar-refractivity contribution in [2.24, 2.45) is 0 Å². The van der Waals surface area contributed by atoms with E-state index in [1.165, 1.54) is 38.1 Å². The minimum absolute atomic E-state index is 0.0140. The van der Waals surface area contributed by atoms with Crippen molar-refractivity contribution < 1.29 is 14.1 Å². The van der Waals surface area contributed by atoms with E-state index in [0.29, 0.717) is 6.54 Å². The molecule has 6 heteroatoms. The Balaban J connectivity index is 1.54. The first kappa shape index (κ1) is 19.6. The van der Waals surface area contributed by atoms with Crippen LogP contribution >= 0.6 is 0 Å². The molecule has 5 nitrogen and oxygen atoms in total. The zero-order valence-corrected chi connectivity index (χ0v) is 16.8. The van der Waals surface area contributed by atoms with Crippen LogP contribution < -0.4 is 10.2 Å². The van der Waals surface area contributed by atoms with Gasteiger partial charge in [-0.3, -0.25) is 4.79 Å². The molecule has 0 bridgehead atoms. The number of fused-ring (bicyclic) bond motifs is 1. The number of carbonyl (C=O) groups excluding carboxylic acids is 1. The highest BCUT2D eigenvalue weighted by Gasteiger charge is 2.23. The molecule has 4 rings (SSSR count). The fraction of sp³-hybridized carbons (Fsp3) is 0.391. The van der Waals surface area contributed by atoms with Gasteiger partial charge >= 0.3 is 0 Å². The van der Waals surface area contributed by atoms with Gasteiger partial charge in [-0.1, -0.05) is 12.1 Å². The number of aryl methyl sites for hydroxylation is 1. The third kappa shape index (κ3) is 4.65. The maximum absolute atomic E-state index is 13.9. The number of hydrogen-bond acceptors (Lipinski definition) is 2. The van der Waals surface area contributed by atoms with Crippen LogP contribution in [-0.4, -0.2) is 41.5 Å². The third-order valence-corrected chi connectivity index (χ3v) is 5.81. The number of benzene rings is 1. The lowest BCUT2D eigenvalue weighted by molar-refractivity contribution is -0.886. The van der Waals surface area contributed by atoms with E-state index in [9.17, 15) is 9.18 Å². The summed E-state index contributed by atoms with van der Waals surface area (Å²) in [5.41, 5.74) is 3.64. The van der Waals surface area contributed by atoms with Gasteiger partial charge in [-0.25, -0.2) is 9.37 Å². The molecule has 2 N–H and O–H groups in total. The standard InChI is InChI=1S/C23H27FN4O/c1-17-7-11-28-21(16-26-22(28)13-17)20(18-5-4-6-19(24)14-18)15-23(29)25-8-12-27-9-2-3-10-27/h4-7,11,13-14,16,20H,2-3,8-10,12,15H2,1H3,(H,25,29)/p+1/t20-/m0/s1. The highest BCUT2D eigenvalue weighted by Crippen LogP contribution is 2.29. The fourth-order valence-corrected chi connectivity index (χ4v) is 4.24. The van der Waals surface area contributed by atoms with E-state index in [-0.39, 0.29) is 24.1 Å². The normalized spacial score (nSPS) is 15.7. The summed E-state index contributed by atoms with van der Waals surface area (Å²) in [7, 11) is 0. The van der Waals surface area contributed by atoms with Crippen LogP contribution in [0.3, 0.4) is 0 Å². The predicted octanol–water partition coefficient (Wildman–Crippen LogP) is 2.10. The van der Waals surface area contributed by atoms with Gasteiger partial charge in [0.15, 0.2) is 0 Å². The Morgan fingerprint density at radius 3 is 2.90 bits per heavy atom. The van der Waals surface area contributed by atoms with E-state index in [4.69, 9.17) is 0 Å². The van der Waals surface area contributed by atoms with Gasteiger partial charge in [-0.2, -0.15) is 0 Å². The summed E-state index contributed by atoms with van der Waals surface area (Å²) in [5.74, 6) is -0.572. The molecule has 1 saturated heterocycles. The molecule has 0 spiro atoms. The Labute approximate surface area is 170 Å². The second kappa shape index (κ2) is 8.74. The van der Waals surface area contributed by atoms with E-state index in [1.54, 1.807) is 17.2 Å². The highest BCUT2D eigenvalue weighted by molar-refractivity contribution is 5.77. The summed E-state index contributed by atoms with van der Waals surface area (Å²) in [6, 6.07) is 10.5. The summed E-state index contributed by atoms with van der Waals surface area (Å²) < 4.78 is 15.9. The van der Waals surface area contributed by atoms with Gasteiger partial charge in [0.1, 0.15) is 11.5 Å². The maximum Gasteiger partial charge on any atom is 0.221 e. The van der Waals surface area contributed by atoms with E-state index >= 15 is 0 Å². The Morgan fingerprint density at radius 2 is 2.10 bits per heavy atom. The number of nitrogens with one attached hydrogen (secondary N) is 2. The van der Waals surface area contributed by atoms with Gasteiger partial charge in [-0.05, 0) is 42.3 Å². The average Bonchev–Trinajstić information content (AvgIpc) is 3.35. The van der Waals surface area contributed by atoms with E-state index in [2.05, 4.69) is 10.3 Å². The average molecular weight is 396 g/mol. The molecule has 3 heterocycles. The van der Waals surface area contributed by atoms with Crippen LogP contribution in [0.2, 0.25) is 0 Å². The van der Waals surface area contributed by atoms with Crippen LogP contribution in [0.1, 0.15) is 42.0 Å². The molecule has 152 valence electrons. The largest absolute Gasteiger partial charge is 0.350 e. The molecule has 1 amide bonds. The van der Waals surface area contributed by atoms with Gasteiger partial charge in [0.2, 0.25) is 5.91 Å². The first-order valence-electron chi connectivity index (χ1n) is 10.4. The number of rotatable bonds is 7. The van der Waals surface area contributed by atoms with Crippen molar-refractivity contribution in [1.29, 1.82) is 0 Å². The number of imidazole rings is 1. The third-order valence-electron chi connectivity index (χ3n) is 5.81. The number of aromatic nitrogens is 2. The Hall–Kier alpha value is -2.73. The molecule has 1 aromatic carbocycles. The number of nitrogens with zero attached hydrogens (tertiary/aromatic N) is 2. The SMILES string of the molecule is Cc1ccn2c([C@@H](CC(=O)NCC[NH+]3CCCC3)c3cccc(F)c3)cnc2c1. The monoisotopic (exact) mass is 395 g/mol. The first-order chi connectivity index (χ1) is 14.1. The molecular formula is C23H28FN4O+. The lowest BCUT2D eigenvalue weighted by Gasteiger charge is -2.18. The van der Waals surface area contributed by atoms with Gasteiger partial charge in [0, 0.05) is 37.6 Å². The molecule has 1 aliphatic heterocycles. The smallest absolute Gasteiger partial charge is 0.221 e. The van der Waals surface area contributed by atoms with Crippen molar-refractivity contribution in [3.8, 4) is 0 Å². The van der Waals surface area contributed by atoms with Gasteiger partial charge in [0.25, 0.3) is 0 Å². The maximum atomic E-state index is 13.9. The van der Waals surface area contributed by atoms with Crippen LogP contribution in [-0.2, 0) is 4.79 Å². The van der Waals surface area contributed by atoms with Crippen molar-refractivity contribution in [3.05, 3.63) is 71.4 Å². The van der Waals surface area contributed by atoms with E-state index in [1.807, 2.05) is 35.7 Å². The topological polar surface area (TPSA) is 50.8 Å². The molecule has 1 fully saturated rings. The molecule has 1 aliphatic rings. The summed E-state index contributed by atoms with van der Waals surface area (Å²) in [6.07, 6.45) is 6.58. The van der Waals surface area contributed by atoms with Crippen molar-refractivity contribution in [1.82, 2.24) is 14.7 Å². The summed E-state index contributed by atoms with van der Waals surface area (Å²) in [4.78, 5) is 18.8. The molecule has 3 aromatic rings. The molecule has 29 heavy (non-hydrogen) atoms. The summed E-state index contributed by atoms with van der Waals surface area (Å²) in [6.45, 7) is 6.06. The number of amides is 1. The Kier molecular flexibility index (Phi) is 5.90. The molecule has 0 aliphatic carbocycles. The van der Waals surface area contributed by atoms with Crippen LogP contribution in [0.25, 0.3) is 5.65 Å².